The normalized spacial score (nSPS) is 15.8. The fourth-order valence-electron chi connectivity index (χ4n) is 4.72. The second-order valence-electron chi connectivity index (χ2n) is 8.88. The minimum absolute atomic E-state index is 0.264. The van der Waals surface area contributed by atoms with E-state index in [0.717, 1.165) is 51.8 Å². The first-order chi connectivity index (χ1) is 16.7. The van der Waals surface area contributed by atoms with Crippen LogP contribution < -0.4 is 14.2 Å². The Hall–Kier alpha value is -3.44. The zero-order chi connectivity index (χ0) is 23.3. The van der Waals surface area contributed by atoms with E-state index >= 15 is 0 Å². The third-order valence-corrected chi connectivity index (χ3v) is 6.58. The number of hydrogen-bond acceptors (Lipinski definition) is 5. The summed E-state index contributed by atoms with van der Waals surface area (Å²) in [5, 5.41) is 9.99. The number of benzene rings is 3. The molecule has 1 saturated heterocycles. The molecular weight excluding hydrogens is 426 g/mol. The predicted molar refractivity (Wildman–Crippen MR) is 134 cm³/mol. The van der Waals surface area contributed by atoms with E-state index < -0.39 is 0 Å². The van der Waals surface area contributed by atoms with Gasteiger partial charge in [-0.1, -0.05) is 18.6 Å². The van der Waals surface area contributed by atoms with Crippen molar-refractivity contribution in [1.29, 1.82) is 0 Å². The van der Waals surface area contributed by atoms with Gasteiger partial charge in [-0.25, -0.2) is 0 Å². The van der Waals surface area contributed by atoms with Gasteiger partial charge in [0.15, 0.2) is 0 Å². The molecule has 0 aromatic heterocycles. The van der Waals surface area contributed by atoms with E-state index in [0.29, 0.717) is 13.0 Å². The molecule has 0 spiro atoms. The third-order valence-electron chi connectivity index (χ3n) is 6.58. The number of phenolic OH excluding ortho intramolecular Hbond substituents is 1. The lowest BCUT2D eigenvalue weighted by atomic mass is 10.0. The highest BCUT2D eigenvalue weighted by Crippen LogP contribution is 2.41. The summed E-state index contributed by atoms with van der Waals surface area (Å²) < 4.78 is 17.7. The van der Waals surface area contributed by atoms with E-state index in [2.05, 4.69) is 4.90 Å². The van der Waals surface area contributed by atoms with Crippen molar-refractivity contribution in [3.05, 3.63) is 83.4 Å². The van der Waals surface area contributed by atoms with Crippen LogP contribution in [0.15, 0.2) is 66.7 Å². The second kappa shape index (κ2) is 10.2. The van der Waals surface area contributed by atoms with Crippen molar-refractivity contribution in [3.8, 4) is 23.0 Å². The van der Waals surface area contributed by atoms with Gasteiger partial charge in [0, 0.05) is 24.1 Å². The number of piperidine rings is 1. The fourth-order valence-corrected chi connectivity index (χ4v) is 4.72. The number of allylic oxidation sites excluding steroid dienone is 1. The maximum Gasteiger partial charge on any atom is 0.139 e. The summed E-state index contributed by atoms with van der Waals surface area (Å²) in [5.74, 6) is 3.51. The Kier molecular flexibility index (Phi) is 6.72. The lowest BCUT2D eigenvalue weighted by Crippen LogP contribution is -2.33. The summed E-state index contributed by atoms with van der Waals surface area (Å²) in [6.45, 7) is 4.03. The van der Waals surface area contributed by atoms with Crippen LogP contribution in [0.3, 0.4) is 0 Å². The molecule has 0 atom stereocenters. The summed E-state index contributed by atoms with van der Waals surface area (Å²) in [7, 11) is 1.66. The lowest BCUT2D eigenvalue weighted by Gasteiger charge is -2.26. The fraction of sp³-hybridized carbons (Fsp3) is 0.310. The summed E-state index contributed by atoms with van der Waals surface area (Å²) in [5.41, 5.74) is 4.22. The molecule has 0 saturated carbocycles. The molecule has 5 heteroatoms. The molecule has 5 nitrogen and oxygen atoms in total. The number of phenols is 1. The average Bonchev–Trinajstić information content (AvgIpc) is 3.23. The van der Waals surface area contributed by atoms with E-state index in [1.54, 1.807) is 13.2 Å². The number of likely N-dealkylation sites (tertiary alicyclic amines) is 1. The van der Waals surface area contributed by atoms with Gasteiger partial charge >= 0.3 is 0 Å². The zero-order valence-corrected chi connectivity index (χ0v) is 19.6. The largest absolute Gasteiger partial charge is 0.508 e. The van der Waals surface area contributed by atoms with E-state index in [1.807, 2.05) is 60.7 Å². The molecule has 5 rings (SSSR count). The van der Waals surface area contributed by atoms with Crippen molar-refractivity contribution in [1.82, 2.24) is 4.90 Å². The van der Waals surface area contributed by atoms with Gasteiger partial charge in [0.05, 0.1) is 7.11 Å². The number of fused-ring (bicyclic) bond motifs is 1. The Morgan fingerprint density at radius 1 is 0.824 bits per heavy atom. The van der Waals surface area contributed by atoms with Crippen molar-refractivity contribution in [2.24, 2.45) is 0 Å². The van der Waals surface area contributed by atoms with Crippen LogP contribution in [-0.4, -0.2) is 43.4 Å². The maximum absolute atomic E-state index is 9.99. The van der Waals surface area contributed by atoms with Gasteiger partial charge in [0.25, 0.3) is 0 Å². The topological polar surface area (TPSA) is 51.2 Å². The Morgan fingerprint density at radius 2 is 1.53 bits per heavy atom. The Labute approximate surface area is 201 Å². The molecule has 3 aromatic carbocycles. The quantitative estimate of drug-likeness (QED) is 0.465. The van der Waals surface area contributed by atoms with Crippen molar-refractivity contribution >= 4 is 11.3 Å². The van der Waals surface area contributed by atoms with Crippen molar-refractivity contribution < 1.29 is 19.3 Å². The van der Waals surface area contributed by atoms with Gasteiger partial charge in [-0.15, -0.1) is 0 Å². The number of ether oxygens (including phenoxy) is 3. The van der Waals surface area contributed by atoms with Crippen LogP contribution in [0.1, 0.15) is 36.0 Å². The third kappa shape index (κ3) is 5.05. The van der Waals surface area contributed by atoms with Gasteiger partial charge < -0.3 is 19.3 Å². The Morgan fingerprint density at radius 3 is 2.26 bits per heavy atom. The van der Waals surface area contributed by atoms with E-state index in [1.165, 1.54) is 32.4 Å². The molecule has 0 radical (unpaired) electrons. The first-order valence-corrected chi connectivity index (χ1v) is 12.0. The van der Waals surface area contributed by atoms with Crippen molar-refractivity contribution in [2.75, 3.05) is 33.4 Å². The highest BCUT2D eigenvalue weighted by Gasteiger charge is 2.25. The monoisotopic (exact) mass is 457 g/mol. The number of aromatic hydroxyl groups is 1. The van der Waals surface area contributed by atoms with Gasteiger partial charge in [-0.2, -0.15) is 0 Å². The highest BCUT2D eigenvalue weighted by atomic mass is 16.5. The highest BCUT2D eigenvalue weighted by molar-refractivity contribution is 5.95. The van der Waals surface area contributed by atoms with Crippen LogP contribution in [0.5, 0.6) is 23.0 Å². The molecule has 34 heavy (non-hydrogen) atoms. The molecule has 176 valence electrons. The first-order valence-electron chi connectivity index (χ1n) is 12.0. The van der Waals surface area contributed by atoms with Crippen LogP contribution in [0.25, 0.3) is 11.3 Å². The number of methoxy groups -OCH3 is 1. The standard InChI is InChI=1S/C29H31NO4/c1-32-24-8-5-21(6-9-24)28-20-22-19-23(31)7-14-27(22)29(28)34-26-12-10-25(11-13-26)33-18-17-30-15-3-2-4-16-30/h5-14,19,31H,2-4,15-18,20H2,1H3. The SMILES string of the molecule is COc1ccc(C2=C(Oc3ccc(OCCN4CCCCC4)cc3)c3ccc(O)cc3C2)cc1. The van der Waals surface area contributed by atoms with Crippen molar-refractivity contribution in [2.45, 2.75) is 25.7 Å². The Bertz CT molecular complexity index is 1150. The van der Waals surface area contributed by atoms with E-state index in [9.17, 15) is 5.11 Å². The molecule has 1 N–H and O–H groups in total. The molecule has 0 amide bonds. The smallest absolute Gasteiger partial charge is 0.139 e. The predicted octanol–water partition coefficient (Wildman–Crippen LogP) is 5.77. The molecule has 0 unspecified atom stereocenters. The van der Waals surface area contributed by atoms with Crippen molar-refractivity contribution in [3.63, 3.8) is 0 Å². The molecule has 0 bridgehead atoms. The van der Waals surface area contributed by atoms with Gasteiger partial charge in [0.1, 0.15) is 35.4 Å². The Balaban J connectivity index is 1.31. The van der Waals surface area contributed by atoms with Gasteiger partial charge in [-0.05, 0) is 91.7 Å². The summed E-state index contributed by atoms with van der Waals surface area (Å²) in [4.78, 5) is 2.48. The number of hydrogen-bond donors (Lipinski definition) is 1. The molecule has 1 aliphatic carbocycles. The first kappa shape index (κ1) is 22.4. The zero-order valence-electron chi connectivity index (χ0n) is 19.6. The van der Waals surface area contributed by atoms with Crippen LogP contribution in [0.2, 0.25) is 0 Å². The van der Waals surface area contributed by atoms with Crippen LogP contribution >= 0.6 is 0 Å². The second-order valence-corrected chi connectivity index (χ2v) is 8.88. The molecule has 2 aliphatic rings. The molecule has 1 fully saturated rings. The summed E-state index contributed by atoms with van der Waals surface area (Å²) in [6.07, 6.45) is 4.64. The van der Waals surface area contributed by atoms with Gasteiger partial charge in [-0.3, -0.25) is 4.90 Å². The lowest BCUT2D eigenvalue weighted by molar-refractivity contribution is 0.183. The number of rotatable bonds is 8. The van der Waals surface area contributed by atoms with Crippen LogP contribution in [-0.2, 0) is 6.42 Å². The summed E-state index contributed by atoms with van der Waals surface area (Å²) >= 11 is 0. The average molecular weight is 458 g/mol. The summed E-state index contributed by atoms with van der Waals surface area (Å²) in [6, 6.07) is 21.3. The van der Waals surface area contributed by atoms with E-state index in [-0.39, 0.29) is 5.75 Å². The maximum atomic E-state index is 9.99. The van der Waals surface area contributed by atoms with Crippen LogP contribution in [0, 0.1) is 0 Å². The van der Waals surface area contributed by atoms with Gasteiger partial charge in [0.2, 0.25) is 0 Å². The minimum Gasteiger partial charge on any atom is -0.508 e. The van der Waals surface area contributed by atoms with E-state index in [4.69, 9.17) is 14.2 Å². The molecule has 1 heterocycles. The molecular formula is C29H31NO4. The molecule has 1 aliphatic heterocycles. The molecule has 3 aromatic rings. The minimum atomic E-state index is 0.264. The number of nitrogens with zero attached hydrogens (tertiary/aromatic N) is 1. The van der Waals surface area contributed by atoms with Crippen LogP contribution in [0.4, 0.5) is 0 Å².